The van der Waals surface area contributed by atoms with Crippen LogP contribution in [0.5, 0.6) is 11.5 Å². The fourth-order valence-electron chi connectivity index (χ4n) is 4.08. The van der Waals surface area contributed by atoms with Gasteiger partial charge in [-0.15, -0.1) is 0 Å². The molecule has 3 aliphatic rings. The van der Waals surface area contributed by atoms with Crippen molar-refractivity contribution in [3.8, 4) is 11.5 Å². The fourth-order valence-corrected chi connectivity index (χ4v) is 4.08. The van der Waals surface area contributed by atoms with E-state index < -0.39 is 12.2 Å². The number of ether oxygens (including phenoxy) is 2. The Hall–Kier alpha value is -2.25. The summed E-state index contributed by atoms with van der Waals surface area (Å²) in [5, 5.41) is 19.5. The molecule has 4 rings (SSSR count). The van der Waals surface area contributed by atoms with Gasteiger partial charge in [0.1, 0.15) is 6.10 Å². The first kappa shape index (κ1) is 18.5. The number of amides is 1. The average Bonchev–Trinajstić information content (AvgIpc) is 2.87. The molecule has 1 amide bonds. The van der Waals surface area contributed by atoms with Crippen LogP contribution in [0.2, 0.25) is 0 Å². The molecule has 0 bridgehead atoms. The fraction of sp³-hybridized carbons (Fsp3) is 0.526. The van der Waals surface area contributed by atoms with E-state index in [1.54, 1.807) is 7.11 Å². The minimum atomic E-state index is -0.995. The van der Waals surface area contributed by atoms with Crippen molar-refractivity contribution in [2.75, 3.05) is 27.7 Å². The van der Waals surface area contributed by atoms with E-state index in [1.807, 2.05) is 17.5 Å². The molecule has 142 valence electrons. The molecule has 0 fully saturated rings. The molecule has 7 heteroatoms. The Morgan fingerprint density at radius 3 is 2.85 bits per heavy atom. The highest BCUT2D eigenvalue weighted by Crippen LogP contribution is 2.55. The first-order valence-corrected chi connectivity index (χ1v) is 8.75. The van der Waals surface area contributed by atoms with Crippen LogP contribution in [0.3, 0.4) is 0 Å². The van der Waals surface area contributed by atoms with E-state index in [1.165, 1.54) is 18.2 Å². The van der Waals surface area contributed by atoms with Crippen molar-refractivity contribution < 1.29 is 24.5 Å². The zero-order valence-electron chi connectivity index (χ0n) is 15.4. The average molecular weight is 362 g/mol. The number of carbonyl (C=O) groups is 1. The molecule has 26 heavy (non-hydrogen) atoms. The van der Waals surface area contributed by atoms with E-state index in [9.17, 15) is 9.90 Å². The Morgan fingerprint density at radius 2 is 2.19 bits per heavy atom. The third-order valence-electron chi connectivity index (χ3n) is 5.36. The van der Waals surface area contributed by atoms with Gasteiger partial charge in [0.2, 0.25) is 0 Å². The van der Waals surface area contributed by atoms with Crippen LogP contribution in [0.15, 0.2) is 24.3 Å². The summed E-state index contributed by atoms with van der Waals surface area (Å²) in [5.74, 6) is 1.68. The van der Waals surface area contributed by atoms with Crippen LogP contribution in [-0.4, -0.2) is 61.2 Å². The summed E-state index contributed by atoms with van der Waals surface area (Å²) in [7, 11) is 5.19. The molecule has 1 aromatic carbocycles. The standard InChI is InChI=1S/C17H21NO3.C2H5NO2/c1-18-8-7-17-6-5-12(19)9-14(17)21-16-13(20-2)4-3-11(10-18)15(16)17;1-3-2(4)5/h3-6,12,14,19H,7-10H2,1-2H3;3H,1H3,(H,4,5)/t12-,14-,17-;/m0./s1. The monoisotopic (exact) mass is 362 g/mol. The second-order valence-electron chi connectivity index (χ2n) is 6.98. The number of hydrogen-bond donors (Lipinski definition) is 3. The lowest BCUT2D eigenvalue weighted by molar-refractivity contribution is 0.0821. The highest BCUT2D eigenvalue weighted by atomic mass is 16.5. The van der Waals surface area contributed by atoms with Crippen LogP contribution >= 0.6 is 0 Å². The van der Waals surface area contributed by atoms with Crippen molar-refractivity contribution in [3.63, 3.8) is 0 Å². The SMILES string of the molecule is CNC(=O)O.COc1ccc2c3c1O[C@H]1C[C@@H](O)C=C[C@@]31CCN(C)C2. The van der Waals surface area contributed by atoms with Gasteiger partial charge in [0, 0.05) is 25.6 Å². The summed E-state index contributed by atoms with van der Waals surface area (Å²) in [6.07, 6.45) is 4.38. The van der Waals surface area contributed by atoms with Crippen molar-refractivity contribution >= 4 is 6.09 Å². The molecule has 3 atom stereocenters. The largest absolute Gasteiger partial charge is 0.493 e. The van der Waals surface area contributed by atoms with E-state index in [0.29, 0.717) is 6.42 Å². The van der Waals surface area contributed by atoms with Gasteiger partial charge in [-0.25, -0.2) is 4.79 Å². The Kier molecular flexibility index (Phi) is 5.11. The molecule has 0 aromatic heterocycles. The van der Waals surface area contributed by atoms with Crippen LogP contribution in [-0.2, 0) is 12.0 Å². The second-order valence-corrected chi connectivity index (χ2v) is 6.98. The van der Waals surface area contributed by atoms with E-state index in [0.717, 1.165) is 31.0 Å². The summed E-state index contributed by atoms with van der Waals surface area (Å²) in [6.45, 7) is 1.96. The molecule has 0 saturated heterocycles. The topological polar surface area (TPSA) is 91.3 Å². The Morgan fingerprint density at radius 1 is 1.46 bits per heavy atom. The van der Waals surface area contributed by atoms with Crippen molar-refractivity contribution in [1.82, 2.24) is 10.2 Å². The molecule has 2 aliphatic heterocycles. The van der Waals surface area contributed by atoms with Crippen molar-refractivity contribution in [1.29, 1.82) is 0 Å². The minimum absolute atomic E-state index is 0.00838. The van der Waals surface area contributed by atoms with Crippen molar-refractivity contribution in [2.24, 2.45) is 0 Å². The van der Waals surface area contributed by atoms with Crippen LogP contribution < -0.4 is 14.8 Å². The number of aliphatic hydroxyl groups is 1. The zero-order chi connectivity index (χ0) is 18.9. The summed E-state index contributed by atoms with van der Waals surface area (Å²) in [4.78, 5) is 11.6. The van der Waals surface area contributed by atoms with Gasteiger partial charge in [0.05, 0.1) is 18.6 Å². The van der Waals surface area contributed by atoms with Crippen LogP contribution in [0.4, 0.5) is 4.79 Å². The van der Waals surface area contributed by atoms with E-state index >= 15 is 0 Å². The number of nitrogens with one attached hydrogen (secondary N) is 1. The Bertz CT molecular complexity index is 720. The van der Waals surface area contributed by atoms with Crippen LogP contribution in [0.25, 0.3) is 0 Å². The molecule has 0 unspecified atom stereocenters. The quantitative estimate of drug-likeness (QED) is 0.659. The van der Waals surface area contributed by atoms with Crippen molar-refractivity contribution in [2.45, 2.75) is 37.0 Å². The third kappa shape index (κ3) is 3.12. The normalized spacial score (nSPS) is 28.6. The predicted octanol–water partition coefficient (Wildman–Crippen LogP) is 1.73. The number of hydrogen-bond acceptors (Lipinski definition) is 5. The summed E-state index contributed by atoms with van der Waals surface area (Å²) >= 11 is 0. The first-order chi connectivity index (χ1) is 12.4. The number of benzene rings is 1. The van der Waals surface area contributed by atoms with Gasteiger partial charge in [-0.05, 0) is 31.6 Å². The first-order valence-electron chi connectivity index (χ1n) is 8.75. The van der Waals surface area contributed by atoms with Gasteiger partial charge in [0.15, 0.2) is 11.5 Å². The van der Waals surface area contributed by atoms with E-state index in [4.69, 9.17) is 14.6 Å². The molecule has 1 aliphatic carbocycles. The summed E-state index contributed by atoms with van der Waals surface area (Å²) in [6, 6.07) is 4.16. The molecular weight excluding hydrogens is 336 g/mol. The minimum Gasteiger partial charge on any atom is -0.493 e. The Labute approximate surface area is 153 Å². The van der Waals surface area contributed by atoms with Gasteiger partial charge in [-0.1, -0.05) is 18.2 Å². The maximum atomic E-state index is 9.97. The lowest BCUT2D eigenvalue weighted by atomic mass is 9.69. The van der Waals surface area contributed by atoms with Gasteiger partial charge in [-0.2, -0.15) is 0 Å². The van der Waals surface area contributed by atoms with Crippen LogP contribution in [0, 0.1) is 0 Å². The zero-order valence-corrected chi connectivity index (χ0v) is 15.4. The molecule has 1 spiro atoms. The molecule has 0 saturated carbocycles. The number of rotatable bonds is 1. The number of methoxy groups -OCH3 is 1. The summed E-state index contributed by atoms with van der Waals surface area (Å²) in [5.41, 5.74) is 2.48. The maximum Gasteiger partial charge on any atom is 0.404 e. The van der Waals surface area contributed by atoms with Gasteiger partial charge < -0.3 is 29.9 Å². The summed E-state index contributed by atoms with van der Waals surface area (Å²) < 4.78 is 11.8. The predicted molar refractivity (Wildman–Crippen MR) is 96.9 cm³/mol. The highest BCUT2D eigenvalue weighted by molar-refractivity contribution is 5.63. The third-order valence-corrected chi connectivity index (χ3v) is 5.36. The van der Waals surface area contributed by atoms with E-state index in [2.05, 4.69) is 24.1 Å². The molecule has 2 heterocycles. The van der Waals surface area contributed by atoms with E-state index in [-0.39, 0.29) is 11.5 Å². The number of nitrogens with zero attached hydrogens (tertiary/aromatic N) is 1. The highest BCUT2D eigenvalue weighted by Gasteiger charge is 2.52. The molecular formula is C19H26N2O5. The lowest BCUT2D eigenvalue weighted by Gasteiger charge is -2.35. The maximum absolute atomic E-state index is 9.97. The molecule has 3 N–H and O–H groups in total. The van der Waals surface area contributed by atoms with Gasteiger partial charge in [-0.3, -0.25) is 0 Å². The molecule has 0 radical (unpaired) electrons. The smallest absolute Gasteiger partial charge is 0.404 e. The van der Waals surface area contributed by atoms with Crippen LogP contribution in [0.1, 0.15) is 24.0 Å². The number of carboxylic acid groups (broad SMARTS) is 1. The van der Waals surface area contributed by atoms with Crippen molar-refractivity contribution in [3.05, 3.63) is 35.4 Å². The molecule has 1 aromatic rings. The Balaban J connectivity index is 0.000000349. The molecule has 7 nitrogen and oxygen atoms in total. The van der Waals surface area contributed by atoms with Gasteiger partial charge >= 0.3 is 6.09 Å². The number of aliphatic hydroxyl groups excluding tert-OH is 1. The van der Waals surface area contributed by atoms with Gasteiger partial charge in [0.25, 0.3) is 0 Å². The second kappa shape index (κ2) is 7.17. The lowest BCUT2D eigenvalue weighted by Crippen LogP contribution is -2.42.